The minimum atomic E-state index is -0.237. The van der Waals surface area contributed by atoms with Crippen LogP contribution in [0.2, 0.25) is 0 Å². The van der Waals surface area contributed by atoms with E-state index >= 15 is 0 Å². The van der Waals surface area contributed by atoms with Crippen molar-refractivity contribution in [2.45, 2.75) is 38.8 Å². The molecule has 0 spiro atoms. The minimum absolute atomic E-state index is 0. The molecule has 0 bridgehead atoms. The Hall–Kier alpha value is -1.35. The molecule has 0 radical (unpaired) electrons. The van der Waals surface area contributed by atoms with Crippen LogP contribution in [0.4, 0.5) is 0 Å². The molecule has 0 aromatic heterocycles. The number of ether oxygens (including phenoxy) is 1. The van der Waals surface area contributed by atoms with Gasteiger partial charge in [-0.2, -0.15) is 0 Å². The summed E-state index contributed by atoms with van der Waals surface area (Å²) in [5.41, 5.74) is 0.976. The van der Waals surface area contributed by atoms with Crippen LogP contribution in [-0.2, 0) is 9.53 Å². The average molecular weight is 488 g/mol. The molecule has 0 aliphatic carbocycles. The molecule has 2 N–H and O–H groups in total. The van der Waals surface area contributed by atoms with Gasteiger partial charge in [-0.05, 0) is 32.8 Å². The van der Waals surface area contributed by atoms with Gasteiger partial charge in [-0.3, -0.25) is 9.79 Å². The van der Waals surface area contributed by atoms with Crippen LogP contribution in [0.25, 0.3) is 0 Å². The minimum Gasteiger partial charge on any atom is -0.373 e. The number of hydrogen-bond donors (Lipinski definition) is 2. The van der Waals surface area contributed by atoms with E-state index in [1.165, 1.54) is 5.56 Å². The Morgan fingerprint density at radius 2 is 1.96 bits per heavy atom. The first kappa shape index (κ1) is 23.7. The van der Waals surface area contributed by atoms with E-state index in [1.807, 2.05) is 50.9 Å². The highest BCUT2D eigenvalue weighted by Crippen LogP contribution is 2.33. The third kappa shape index (κ3) is 7.65. The third-order valence-electron chi connectivity index (χ3n) is 4.33. The van der Waals surface area contributed by atoms with Gasteiger partial charge in [0.05, 0.1) is 12.6 Å². The summed E-state index contributed by atoms with van der Waals surface area (Å²) in [6, 6.07) is 10.3. The summed E-state index contributed by atoms with van der Waals surface area (Å²) < 4.78 is 5.94. The summed E-state index contributed by atoms with van der Waals surface area (Å²) in [5, 5.41) is 6.37. The van der Waals surface area contributed by atoms with Crippen molar-refractivity contribution in [3.8, 4) is 0 Å². The molecule has 1 fully saturated rings. The van der Waals surface area contributed by atoms with Crippen molar-refractivity contribution in [3.05, 3.63) is 35.9 Å². The van der Waals surface area contributed by atoms with Gasteiger partial charge < -0.3 is 20.3 Å². The molecule has 1 heterocycles. The van der Waals surface area contributed by atoms with Gasteiger partial charge in [-0.1, -0.05) is 30.3 Å². The van der Waals surface area contributed by atoms with Crippen LogP contribution >= 0.6 is 24.0 Å². The molecule has 2 unspecified atom stereocenters. The molecule has 152 valence electrons. The third-order valence-corrected chi connectivity index (χ3v) is 4.33. The van der Waals surface area contributed by atoms with Crippen LogP contribution in [0.1, 0.15) is 38.9 Å². The van der Waals surface area contributed by atoms with E-state index in [-0.39, 0.29) is 48.1 Å². The van der Waals surface area contributed by atoms with E-state index in [4.69, 9.17) is 4.74 Å². The Labute approximate surface area is 180 Å². The first-order chi connectivity index (χ1) is 12.3. The highest BCUT2D eigenvalue weighted by atomic mass is 127. The zero-order valence-electron chi connectivity index (χ0n) is 17.0. The average Bonchev–Trinajstić information content (AvgIpc) is 3.03. The van der Waals surface area contributed by atoms with E-state index < -0.39 is 0 Å². The lowest BCUT2D eigenvalue weighted by molar-refractivity contribution is -0.122. The van der Waals surface area contributed by atoms with Crippen LogP contribution in [0, 0.1) is 5.92 Å². The van der Waals surface area contributed by atoms with Gasteiger partial charge in [0.25, 0.3) is 0 Å². The van der Waals surface area contributed by atoms with Gasteiger partial charge in [-0.15, -0.1) is 24.0 Å². The highest BCUT2D eigenvalue weighted by molar-refractivity contribution is 14.0. The molecule has 1 aromatic rings. The topological polar surface area (TPSA) is 66.0 Å². The van der Waals surface area contributed by atoms with E-state index in [0.717, 1.165) is 19.6 Å². The Balaban J connectivity index is 0.00000364. The zero-order valence-corrected chi connectivity index (χ0v) is 19.3. The number of carbonyl (C=O) groups excluding carboxylic acids is 1. The van der Waals surface area contributed by atoms with Crippen molar-refractivity contribution in [1.29, 1.82) is 0 Å². The predicted molar refractivity (Wildman–Crippen MR) is 121 cm³/mol. The first-order valence-corrected chi connectivity index (χ1v) is 9.19. The summed E-state index contributed by atoms with van der Waals surface area (Å²) in [4.78, 5) is 18.3. The fraction of sp³-hybridized carbons (Fsp3) is 0.600. The van der Waals surface area contributed by atoms with Gasteiger partial charge in [0.2, 0.25) is 5.91 Å². The molecule has 6 nitrogen and oxygen atoms in total. The molecular weight excluding hydrogens is 455 g/mol. The smallest absolute Gasteiger partial charge is 0.240 e. The zero-order chi connectivity index (χ0) is 19.2. The second-order valence-electron chi connectivity index (χ2n) is 7.83. The van der Waals surface area contributed by atoms with Crippen LogP contribution < -0.4 is 10.6 Å². The molecule has 1 amide bonds. The van der Waals surface area contributed by atoms with Crippen LogP contribution in [-0.4, -0.2) is 56.1 Å². The second-order valence-corrected chi connectivity index (χ2v) is 7.83. The van der Waals surface area contributed by atoms with Crippen molar-refractivity contribution in [1.82, 2.24) is 15.5 Å². The Bertz CT molecular complexity index is 616. The van der Waals surface area contributed by atoms with Crippen molar-refractivity contribution in [2.75, 3.05) is 33.8 Å². The molecular formula is C20H33IN4O2. The maximum absolute atomic E-state index is 12.1. The van der Waals surface area contributed by atoms with Crippen molar-refractivity contribution in [3.63, 3.8) is 0 Å². The van der Waals surface area contributed by atoms with Crippen LogP contribution in [0.3, 0.4) is 0 Å². The number of rotatable bonds is 5. The maximum Gasteiger partial charge on any atom is 0.240 e. The quantitative estimate of drug-likeness (QED) is 0.380. The number of halogens is 1. The normalized spacial score (nSPS) is 20.0. The summed E-state index contributed by atoms with van der Waals surface area (Å²) in [7, 11) is 3.61. The van der Waals surface area contributed by atoms with Gasteiger partial charge in [0.15, 0.2) is 5.96 Å². The summed E-state index contributed by atoms with van der Waals surface area (Å²) in [6.45, 7) is 7.72. The Morgan fingerprint density at radius 1 is 1.30 bits per heavy atom. The van der Waals surface area contributed by atoms with Crippen LogP contribution in [0.15, 0.2) is 35.3 Å². The number of benzene rings is 1. The number of carbonyl (C=O) groups is 1. The molecule has 27 heavy (non-hydrogen) atoms. The number of nitrogens with zero attached hydrogens (tertiary/aromatic N) is 2. The summed E-state index contributed by atoms with van der Waals surface area (Å²) in [6.07, 6.45) is 1.12. The largest absolute Gasteiger partial charge is 0.373 e. The maximum atomic E-state index is 12.1. The fourth-order valence-corrected chi connectivity index (χ4v) is 3.21. The van der Waals surface area contributed by atoms with E-state index in [2.05, 4.69) is 27.8 Å². The lowest BCUT2D eigenvalue weighted by Gasteiger charge is -2.27. The molecule has 2 rings (SSSR count). The van der Waals surface area contributed by atoms with E-state index in [1.54, 1.807) is 7.05 Å². The first-order valence-electron chi connectivity index (χ1n) is 9.19. The summed E-state index contributed by atoms with van der Waals surface area (Å²) >= 11 is 0. The SMILES string of the molecule is CN=C(NCC1CCOC1c1ccccc1)N(C)CC(=O)NC(C)(C)C.I. The molecule has 1 aliphatic heterocycles. The molecule has 1 aromatic carbocycles. The Morgan fingerprint density at radius 3 is 2.56 bits per heavy atom. The standard InChI is InChI=1S/C20H32N4O2.HI/c1-20(2,3)23-17(25)14-24(5)19(21-4)22-13-16-11-12-26-18(16)15-9-7-6-8-10-15;/h6-10,16,18H,11-14H2,1-5H3,(H,21,22)(H,23,25);1H. The Kier molecular flexibility index (Phi) is 9.52. The highest BCUT2D eigenvalue weighted by Gasteiger charge is 2.29. The second kappa shape index (κ2) is 10.8. The number of hydrogen-bond acceptors (Lipinski definition) is 3. The lowest BCUT2D eigenvalue weighted by Crippen LogP contribution is -2.49. The van der Waals surface area contributed by atoms with Crippen molar-refractivity contribution < 1.29 is 9.53 Å². The fourth-order valence-electron chi connectivity index (χ4n) is 3.21. The van der Waals surface area contributed by atoms with Gasteiger partial charge in [-0.25, -0.2) is 0 Å². The monoisotopic (exact) mass is 488 g/mol. The van der Waals surface area contributed by atoms with Crippen molar-refractivity contribution >= 4 is 35.8 Å². The van der Waals surface area contributed by atoms with E-state index in [0.29, 0.717) is 11.9 Å². The van der Waals surface area contributed by atoms with E-state index in [9.17, 15) is 4.79 Å². The number of guanidine groups is 1. The van der Waals surface area contributed by atoms with Gasteiger partial charge >= 0.3 is 0 Å². The molecule has 2 atom stereocenters. The van der Waals surface area contributed by atoms with Crippen LogP contribution in [0.5, 0.6) is 0 Å². The molecule has 1 saturated heterocycles. The van der Waals surface area contributed by atoms with Crippen molar-refractivity contribution in [2.24, 2.45) is 10.9 Å². The number of amides is 1. The van der Waals surface area contributed by atoms with Gasteiger partial charge in [0.1, 0.15) is 0 Å². The number of likely N-dealkylation sites (N-methyl/N-ethyl adjacent to an activating group) is 1. The lowest BCUT2D eigenvalue weighted by atomic mass is 9.95. The molecule has 7 heteroatoms. The summed E-state index contributed by atoms with van der Waals surface area (Å²) in [5.74, 6) is 1.08. The molecule has 1 aliphatic rings. The predicted octanol–water partition coefficient (Wildman–Crippen LogP) is 2.80. The number of nitrogens with one attached hydrogen (secondary N) is 2. The van der Waals surface area contributed by atoms with Gasteiger partial charge in [0, 0.05) is 38.7 Å². The number of aliphatic imine (C=N–C) groups is 1. The molecule has 0 saturated carbocycles.